The minimum Gasteiger partial charge on any atom is -0.488 e. The molecule has 6 nitrogen and oxygen atoms in total. The van der Waals surface area contributed by atoms with Crippen LogP contribution >= 0.6 is 0 Å². The van der Waals surface area contributed by atoms with Gasteiger partial charge in [-0.1, -0.05) is 0 Å². The van der Waals surface area contributed by atoms with E-state index in [1.165, 1.54) is 6.33 Å². The van der Waals surface area contributed by atoms with E-state index >= 15 is 0 Å². The summed E-state index contributed by atoms with van der Waals surface area (Å²) in [6.45, 7) is 5.91. The van der Waals surface area contributed by atoms with Crippen molar-refractivity contribution in [3.63, 3.8) is 0 Å². The van der Waals surface area contributed by atoms with Crippen LogP contribution in [0.5, 0.6) is 5.75 Å². The van der Waals surface area contributed by atoms with Crippen LogP contribution < -0.4 is 10.1 Å². The lowest BCUT2D eigenvalue weighted by molar-refractivity contribution is 0.102. The van der Waals surface area contributed by atoms with Gasteiger partial charge >= 0.3 is 0 Å². The first kappa shape index (κ1) is 13.1. The molecule has 0 saturated carbocycles. The van der Waals surface area contributed by atoms with Crippen molar-refractivity contribution < 1.29 is 9.53 Å². The molecule has 100 valence electrons. The topological polar surface area (TPSA) is 79.9 Å². The summed E-state index contributed by atoms with van der Waals surface area (Å²) in [6.07, 6.45) is 1.33. The van der Waals surface area contributed by atoms with Crippen LogP contribution in [0.4, 0.5) is 5.95 Å². The zero-order valence-corrected chi connectivity index (χ0v) is 11.1. The molecule has 2 N–H and O–H groups in total. The highest BCUT2D eigenvalue weighted by atomic mass is 16.5. The number of benzene rings is 1. The van der Waals surface area contributed by atoms with Crippen molar-refractivity contribution in [1.29, 1.82) is 0 Å². The average Bonchev–Trinajstić information content (AvgIpc) is 2.80. The minimum absolute atomic E-state index is 0.251. The third-order valence-electron chi connectivity index (χ3n) is 2.19. The summed E-state index contributed by atoms with van der Waals surface area (Å²) in [5.41, 5.74) is 0.265. The van der Waals surface area contributed by atoms with Gasteiger partial charge in [-0.3, -0.25) is 10.1 Å². The average molecular weight is 260 g/mol. The first-order valence-electron chi connectivity index (χ1n) is 5.90. The SMILES string of the molecule is CC(C)(C)Oc1ccc(C(=O)Nc2ncn[nH]2)cc1. The van der Waals surface area contributed by atoms with Crippen molar-refractivity contribution in [2.24, 2.45) is 0 Å². The number of amides is 1. The molecule has 0 fully saturated rings. The maximum absolute atomic E-state index is 11.9. The Bertz CT molecular complexity index is 541. The maximum Gasteiger partial charge on any atom is 0.258 e. The minimum atomic E-state index is -0.260. The fraction of sp³-hybridized carbons (Fsp3) is 0.308. The third-order valence-corrected chi connectivity index (χ3v) is 2.19. The first-order valence-corrected chi connectivity index (χ1v) is 5.90. The summed E-state index contributed by atoms with van der Waals surface area (Å²) in [6, 6.07) is 6.93. The standard InChI is InChI=1S/C13H16N4O2/c1-13(2,3)19-10-6-4-9(5-7-10)11(18)16-12-14-8-15-17-12/h4-8H,1-3H3,(H2,14,15,16,17,18). The van der Waals surface area contributed by atoms with Gasteiger partial charge in [0.15, 0.2) is 0 Å². The zero-order valence-electron chi connectivity index (χ0n) is 11.1. The van der Waals surface area contributed by atoms with Crippen molar-refractivity contribution >= 4 is 11.9 Å². The van der Waals surface area contributed by atoms with E-state index in [-0.39, 0.29) is 11.5 Å². The van der Waals surface area contributed by atoms with E-state index in [9.17, 15) is 4.79 Å². The number of hydrogen-bond donors (Lipinski definition) is 2. The third kappa shape index (κ3) is 3.80. The number of carbonyl (C=O) groups excluding carboxylic acids is 1. The van der Waals surface area contributed by atoms with Crippen LogP contribution in [0.2, 0.25) is 0 Å². The van der Waals surface area contributed by atoms with Crippen LogP contribution in [-0.4, -0.2) is 26.7 Å². The van der Waals surface area contributed by atoms with E-state index in [1.54, 1.807) is 24.3 Å². The fourth-order valence-electron chi connectivity index (χ4n) is 1.47. The number of hydrogen-bond acceptors (Lipinski definition) is 4. The second-order valence-corrected chi connectivity index (χ2v) is 5.03. The molecule has 1 aromatic heterocycles. The van der Waals surface area contributed by atoms with E-state index < -0.39 is 0 Å². The van der Waals surface area contributed by atoms with Crippen molar-refractivity contribution in [2.75, 3.05) is 5.32 Å². The van der Waals surface area contributed by atoms with Crippen molar-refractivity contribution in [3.8, 4) is 5.75 Å². The molecule has 0 aliphatic heterocycles. The number of aromatic nitrogens is 3. The molecule has 1 aromatic carbocycles. The zero-order chi connectivity index (χ0) is 13.9. The van der Waals surface area contributed by atoms with E-state index in [1.807, 2.05) is 20.8 Å². The molecule has 0 radical (unpaired) electrons. The van der Waals surface area contributed by atoms with Gasteiger partial charge in [-0.15, -0.1) is 0 Å². The Balaban J connectivity index is 2.04. The van der Waals surface area contributed by atoms with Crippen LogP contribution in [0.25, 0.3) is 0 Å². The number of carbonyl (C=O) groups is 1. The molecule has 0 saturated heterocycles. The highest BCUT2D eigenvalue weighted by Gasteiger charge is 2.12. The van der Waals surface area contributed by atoms with Gasteiger partial charge in [-0.05, 0) is 45.0 Å². The summed E-state index contributed by atoms with van der Waals surface area (Å²) < 4.78 is 5.68. The van der Waals surface area contributed by atoms with E-state index in [0.717, 1.165) is 5.75 Å². The second kappa shape index (κ2) is 5.09. The Morgan fingerprint density at radius 2 is 1.95 bits per heavy atom. The molecule has 2 aromatic rings. The molecule has 6 heteroatoms. The van der Waals surface area contributed by atoms with E-state index in [0.29, 0.717) is 11.5 Å². The van der Waals surface area contributed by atoms with Crippen LogP contribution in [0.1, 0.15) is 31.1 Å². The van der Waals surface area contributed by atoms with Crippen LogP contribution in [0.3, 0.4) is 0 Å². The molecule has 0 spiro atoms. The van der Waals surface area contributed by atoms with E-state index in [4.69, 9.17) is 4.74 Å². The van der Waals surface area contributed by atoms with Gasteiger partial charge < -0.3 is 4.74 Å². The number of aromatic amines is 1. The number of rotatable bonds is 3. The molecular formula is C13H16N4O2. The largest absolute Gasteiger partial charge is 0.488 e. The van der Waals surface area contributed by atoms with Crippen LogP contribution in [0, 0.1) is 0 Å². The predicted molar refractivity (Wildman–Crippen MR) is 71.2 cm³/mol. The molecule has 1 amide bonds. The molecule has 0 aliphatic rings. The number of anilines is 1. The van der Waals surface area contributed by atoms with Gasteiger partial charge in [0.2, 0.25) is 5.95 Å². The molecule has 0 aliphatic carbocycles. The number of ether oxygens (including phenoxy) is 1. The highest BCUT2D eigenvalue weighted by molar-refractivity contribution is 6.03. The highest BCUT2D eigenvalue weighted by Crippen LogP contribution is 2.18. The monoisotopic (exact) mass is 260 g/mol. The summed E-state index contributed by atoms with van der Waals surface area (Å²) >= 11 is 0. The summed E-state index contributed by atoms with van der Waals surface area (Å²) in [7, 11) is 0. The van der Waals surface area contributed by atoms with Gasteiger partial charge in [0.1, 0.15) is 17.7 Å². The second-order valence-electron chi connectivity index (χ2n) is 5.03. The molecule has 0 atom stereocenters. The van der Waals surface area contributed by atoms with Gasteiger partial charge in [0.25, 0.3) is 5.91 Å². The van der Waals surface area contributed by atoms with E-state index in [2.05, 4.69) is 20.5 Å². The van der Waals surface area contributed by atoms with Crippen LogP contribution in [-0.2, 0) is 0 Å². The lowest BCUT2D eigenvalue weighted by atomic mass is 10.1. The van der Waals surface area contributed by atoms with Crippen LogP contribution in [0.15, 0.2) is 30.6 Å². The molecule has 2 rings (SSSR count). The first-order chi connectivity index (χ1) is 8.94. The number of H-pyrrole nitrogens is 1. The van der Waals surface area contributed by atoms with Gasteiger partial charge in [-0.2, -0.15) is 10.1 Å². The molecule has 1 heterocycles. The fourth-order valence-corrected chi connectivity index (χ4v) is 1.47. The Morgan fingerprint density at radius 1 is 1.26 bits per heavy atom. The number of nitrogens with zero attached hydrogens (tertiary/aromatic N) is 2. The summed E-state index contributed by atoms with van der Waals surface area (Å²) in [5.74, 6) is 0.794. The number of nitrogens with one attached hydrogen (secondary N) is 2. The Morgan fingerprint density at radius 3 is 2.47 bits per heavy atom. The molecule has 0 bridgehead atoms. The predicted octanol–water partition coefficient (Wildman–Crippen LogP) is 2.23. The molecule has 19 heavy (non-hydrogen) atoms. The molecular weight excluding hydrogens is 244 g/mol. The normalized spacial score (nSPS) is 11.1. The van der Waals surface area contributed by atoms with Crippen molar-refractivity contribution in [2.45, 2.75) is 26.4 Å². The quantitative estimate of drug-likeness (QED) is 0.886. The Kier molecular flexibility index (Phi) is 3.50. The lowest BCUT2D eigenvalue weighted by Crippen LogP contribution is -2.23. The Hall–Kier alpha value is -2.37. The smallest absolute Gasteiger partial charge is 0.258 e. The van der Waals surface area contributed by atoms with Crippen molar-refractivity contribution in [3.05, 3.63) is 36.2 Å². The maximum atomic E-state index is 11.9. The van der Waals surface area contributed by atoms with Crippen molar-refractivity contribution in [1.82, 2.24) is 15.2 Å². The van der Waals surface area contributed by atoms with Gasteiger partial charge in [0.05, 0.1) is 0 Å². The lowest BCUT2D eigenvalue weighted by Gasteiger charge is -2.21. The Labute approximate surface area is 111 Å². The van der Waals surface area contributed by atoms with Gasteiger partial charge in [-0.25, -0.2) is 5.10 Å². The molecule has 0 unspecified atom stereocenters. The summed E-state index contributed by atoms with van der Waals surface area (Å²) in [5, 5.41) is 8.81. The van der Waals surface area contributed by atoms with Gasteiger partial charge in [0, 0.05) is 5.56 Å². The summed E-state index contributed by atoms with van der Waals surface area (Å²) in [4.78, 5) is 15.7.